The van der Waals surface area contributed by atoms with E-state index in [1.165, 1.54) is 5.69 Å². The molecular formula is C15H17ClN2O. The maximum Gasteiger partial charge on any atom is 0.137 e. The van der Waals surface area contributed by atoms with Crippen LogP contribution >= 0.6 is 11.6 Å². The molecule has 3 nitrogen and oxygen atoms in total. The average Bonchev–Trinajstić information content (AvgIpc) is 2.39. The van der Waals surface area contributed by atoms with E-state index in [0.717, 1.165) is 11.4 Å². The maximum atomic E-state index is 6.09. The largest absolute Gasteiger partial charge is 0.495 e. The van der Waals surface area contributed by atoms with Gasteiger partial charge in [-0.15, -0.1) is 0 Å². The minimum Gasteiger partial charge on any atom is -0.495 e. The molecule has 19 heavy (non-hydrogen) atoms. The van der Waals surface area contributed by atoms with E-state index in [1.54, 1.807) is 7.11 Å². The van der Waals surface area contributed by atoms with Crippen LogP contribution in [0.1, 0.15) is 0 Å². The number of rotatable bonds is 4. The standard InChI is InChI=1S/C15H17ClN2O/c1-18(2)13-7-4-11(5-8-13)17-12-6-9-15(19-3)14(16)10-12/h4-10,17H,1-3H3. The molecule has 0 aliphatic rings. The lowest BCUT2D eigenvalue weighted by Crippen LogP contribution is -2.08. The van der Waals surface area contributed by atoms with Gasteiger partial charge in [0.2, 0.25) is 0 Å². The van der Waals surface area contributed by atoms with E-state index < -0.39 is 0 Å². The van der Waals surface area contributed by atoms with Gasteiger partial charge in [-0.05, 0) is 42.5 Å². The highest BCUT2D eigenvalue weighted by Gasteiger charge is 2.02. The van der Waals surface area contributed by atoms with Gasteiger partial charge in [-0.3, -0.25) is 0 Å². The molecule has 0 heterocycles. The van der Waals surface area contributed by atoms with Crippen molar-refractivity contribution < 1.29 is 4.74 Å². The molecule has 4 heteroatoms. The van der Waals surface area contributed by atoms with Crippen molar-refractivity contribution in [2.45, 2.75) is 0 Å². The van der Waals surface area contributed by atoms with E-state index in [0.29, 0.717) is 10.8 Å². The fraction of sp³-hybridized carbons (Fsp3) is 0.200. The summed E-state index contributed by atoms with van der Waals surface area (Å²) in [5.74, 6) is 0.676. The van der Waals surface area contributed by atoms with Crippen LogP contribution in [0.4, 0.5) is 17.1 Å². The summed E-state index contributed by atoms with van der Waals surface area (Å²) in [7, 11) is 5.64. The maximum absolute atomic E-state index is 6.09. The number of hydrogen-bond donors (Lipinski definition) is 1. The molecule has 0 unspecified atom stereocenters. The number of halogens is 1. The van der Waals surface area contributed by atoms with Crippen LogP contribution in [-0.4, -0.2) is 21.2 Å². The lowest BCUT2D eigenvalue weighted by molar-refractivity contribution is 0.415. The lowest BCUT2D eigenvalue weighted by atomic mass is 10.2. The molecule has 1 N–H and O–H groups in total. The van der Waals surface area contributed by atoms with E-state index in [4.69, 9.17) is 16.3 Å². The number of nitrogens with one attached hydrogen (secondary N) is 1. The number of ether oxygens (including phenoxy) is 1. The van der Waals surface area contributed by atoms with Crippen LogP contribution < -0.4 is 15.0 Å². The Morgan fingerprint density at radius 1 is 1.00 bits per heavy atom. The second kappa shape index (κ2) is 5.85. The van der Waals surface area contributed by atoms with Crippen molar-refractivity contribution in [1.29, 1.82) is 0 Å². The molecule has 0 saturated carbocycles. The fourth-order valence-corrected chi connectivity index (χ4v) is 2.01. The third-order valence-electron chi connectivity index (χ3n) is 2.82. The molecule has 100 valence electrons. The van der Waals surface area contributed by atoms with Crippen molar-refractivity contribution in [3.63, 3.8) is 0 Å². The summed E-state index contributed by atoms with van der Waals surface area (Å²) in [6, 6.07) is 13.8. The van der Waals surface area contributed by atoms with Crippen molar-refractivity contribution in [1.82, 2.24) is 0 Å². The molecule has 0 fully saturated rings. The van der Waals surface area contributed by atoms with Gasteiger partial charge in [-0.25, -0.2) is 0 Å². The highest BCUT2D eigenvalue weighted by Crippen LogP contribution is 2.29. The zero-order valence-electron chi connectivity index (χ0n) is 11.3. The number of anilines is 3. The van der Waals surface area contributed by atoms with Crippen LogP contribution in [0, 0.1) is 0 Å². The number of benzene rings is 2. The predicted molar refractivity (Wildman–Crippen MR) is 82.1 cm³/mol. The van der Waals surface area contributed by atoms with Crippen LogP contribution in [-0.2, 0) is 0 Å². The van der Waals surface area contributed by atoms with Gasteiger partial charge >= 0.3 is 0 Å². The minimum atomic E-state index is 0.595. The molecule has 0 saturated heterocycles. The van der Waals surface area contributed by atoms with Gasteiger partial charge in [0.05, 0.1) is 12.1 Å². The zero-order chi connectivity index (χ0) is 13.8. The van der Waals surface area contributed by atoms with Gasteiger partial charge in [0, 0.05) is 31.2 Å². The third-order valence-corrected chi connectivity index (χ3v) is 3.12. The number of nitrogens with zero attached hydrogens (tertiary/aromatic N) is 1. The Hall–Kier alpha value is -1.87. The third kappa shape index (κ3) is 3.32. The van der Waals surface area contributed by atoms with Crippen molar-refractivity contribution in [3.8, 4) is 5.75 Å². The smallest absolute Gasteiger partial charge is 0.137 e. The first-order chi connectivity index (χ1) is 9.10. The molecule has 0 radical (unpaired) electrons. The number of hydrogen-bond acceptors (Lipinski definition) is 3. The molecule has 0 bridgehead atoms. The van der Waals surface area contributed by atoms with E-state index in [9.17, 15) is 0 Å². The normalized spacial score (nSPS) is 10.1. The summed E-state index contributed by atoms with van der Waals surface area (Å²) >= 11 is 6.09. The fourth-order valence-electron chi connectivity index (χ4n) is 1.75. The van der Waals surface area contributed by atoms with Crippen LogP contribution in [0.2, 0.25) is 5.02 Å². The average molecular weight is 277 g/mol. The summed E-state index contributed by atoms with van der Waals surface area (Å²) in [5.41, 5.74) is 3.12. The van der Waals surface area contributed by atoms with Crippen molar-refractivity contribution in [3.05, 3.63) is 47.5 Å². The SMILES string of the molecule is COc1ccc(Nc2ccc(N(C)C)cc2)cc1Cl. The highest BCUT2D eigenvalue weighted by molar-refractivity contribution is 6.32. The Bertz CT molecular complexity index is 553. The molecule has 2 aromatic rings. The Kier molecular flexibility index (Phi) is 4.17. The molecule has 2 aromatic carbocycles. The molecule has 0 spiro atoms. The molecular weight excluding hydrogens is 260 g/mol. The molecule has 0 amide bonds. The predicted octanol–water partition coefficient (Wildman–Crippen LogP) is 4.16. The second-order valence-electron chi connectivity index (χ2n) is 4.42. The Balaban J connectivity index is 2.14. The monoisotopic (exact) mass is 276 g/mol. The topological polar surface area (TPSA) is 24.5 Å². The number of methoxy groups -OCH3 is 1. The summed E-state index contributed by atoms with van der Waals surface area (Å²) in [6.07, 6.45) is 0. The lowest BCUT2D eigenvalue weighted by Gasteiger charge is -2.13. The first kappa shape index (κ1) is 13.6. The first-order valence-electron chi connectivity index (χ1n) is 5.98. The molecule has 0 atom stereocenters. The van der Waals surface area contributed by atoms with E-state index in [1.807, 2.05) is 44.4 Å². The van der Waals surface area contributed by atoms with E-state index >= 15 is 0 Å². The molecule has 0 aromatic heterocycles. The zero-order valence-corrected chi connectivity index (χ0v) is 12.0. The summed E-state index contributed by atoms with van der Waals surface area (Å²) in [4.78, 5) is 2.06. The Labute approximate surface area is 118 Å². The Morgan fingerprint density at radius 3 is 2.16 bits per heavy atom. The van der Waals surface area contributed by atoms with E-state index in [2.05, 4.69) is 22.3 Å². The molecule has 0 aliphatic heterocycles. The molecule has 0 aliphatic carbocycles. The summed E-state index contributed by atoms with van der Waals surface area (Å²) < 4.78 is 5.13. The van der Waals surface area contributed by atoms with Gasteiger partial charge in [-0.2, -0.15) is 0 Å². The minimum absolute atomic E-state index is 0.595. The highest BCUT2D eigenvalue weighted by atomic mass is 35.5. The quantitative estimate of drug-likeness (QED) is 0.907. The van der Waals surface area contributed by atoms with Gasteiger partial charge in [-0.1, -0.05) is 11.6 Å². The Morgan fingerprint density at radius 2 is 1.63 bits per heavy atom. The van der Waals surface area contributed by atoms with Gasteiger partial charge < -0.3 is 15.0 Å². The summed E-state index contributed by atoms with van der Waals surface area (Å²) in [6.45, 7) is 0. The second-order valence-corrected chi connectivity index (χ2v) is 4.82. The van der Waals surface area contributed by atoms with Crippen LogP contribution in [0.3, 0.4) is 0 Å². The summed E-state index contributed by atoms with van der Waals surface area (Å²) in [5, 5.41) is 3.90. The van der Waals surface area contributed by atoms with Crippen LogP contribution in [0.25, 0.3) is 0 Å². The van der Waals surface area contributed by atoms with Crippen molar-refractivity contribution in [2.75, 3.05) is 31.4 Å². The van der Waals surface area contributed by atoms with Crippen molar-refractivity contribution in [2.24, 2.45) is 0 Å². The molecule has 2 rings (SSSR count). The van der Waals surface area contributed by atoms with Gasteiger partial charge in [0.15, 0.2) is 0 Å². The van der Waals surface area contributed by atoms with Crippen LogP contribution in [0.15, 0.2) is 42.5 Å². The first-order valence-corrected chi connectivity index (χ1v) is 6.36. The van der Waals surface area contributed by atoms with Gasteiger partial charge in [0.1, 0.15) is 5.75 Å². The van der Waals surface area contributed by atoms with Crippen LogP contribution in [0.5, 0.6) is 5.75 Å². The van der Waals surface area contributed by atoms with E-state index in [-0.39, 0.29) is 0 Å². The van der Waals surface area contributed by atoms with Gasteiger partial charge in [0.25, 0.3) is 0 Å². The van der Waals surface area contributed by atoms with Crippen molar-refractivity contribution >= 4 is 28.7 Å².